The van der Waals surface area contributed by atoms with Gasteiger partial charge in [-0.05, 0) is 50.4 Å². The maximum absolute atomic E-state index is 12.1. The quantitative estimate of drug-likeness (QED) is 0.674. The summed E-state index contributed by atoms with van der Waals surface area (Å²) in [5.74, 6) is 0.890. The van der Waals surface area contributed by atoms with Gasteiger partial charge in [0.1, 0.15) is 0 Å². The highest BCUT2D eigenvalue weighted by molar-refractivity contribution is 8.04. The molecule has 0 fully saturated rings. The van der Waals surface area contributed by atoms with E-state index in [1.54, 1.807) is 11.8 Å². The Balaban J connectivity index is 2.91. The fourth-order valence-corrected chi connectivity index (χ4v) is 3.14. The van der Waals surface area contributed by atoms with Crippen LogP contribution in [0.2, 0.25) is 0 Å². The zero-order chi connectivity index (χ0) is 13.9. The third-order valence-electron chi connectivity index (χ3n) is 3.13. The fraction of sp³-hybridized carbons (Fsp3) is 0.688. The summed E-state index contributed by atoms with van der Waals surface area (Å²) in [6, 6.07) is 0. The van der Waals surface area contributed by atoms with Crippen LogP contribution in [0, 0.1) is 0 Å². The van der Waals surface area contributed by atoms with E-state index in [4.69, 9.17) is 4.74 Å². The van der Waals surface area contributed by atoms with Gasteiger partial charge in [-0.15, -0.1) is 11.8 Å². The number of unbranched alkanes of at least 4 members (excludes halogenated alkanes) is 1. The van der Waals surface area contributed by atoms with Crippen LogP contribution in [0.5, 0.6) is 0 Å². The average Bonchev–Trinajstić information content (AvgIpc) is 2.42. The molecule has 0 aliphatic carbocycles. The number of rotatable bonds is 5. The fourth-order valence-electron chi connectivity index (χ4n) is 2.06. The second kappa shape index (κ2) is 10.1. The van der Waals surface area contributed by atoms with Crippen LogP contribution in [0.4, 0.5) is 0 Å². The van der Waals surface area contributed by atoms with Crippen LogP contribution in [0.1, 0.15) is 58.8 Å². The van der Waals surface area contributed by atoms with E-state index < -0.39 is 0 Å². The van der Waals surface area contributed by atoms with Crippen LogP contribution >= 0.6 is 11.8 Å². The molecule has 0 unspecified atom stereocenters. The summed E-state index contributed by atoms with van der Waals surface area (Å²) in [4.78, 5) is 12.9. The minimum Gasteiger partial charge on any atom is -0.462 e. The second-order valence-electron chi connectivity index (χ2n) is 4.78. The van der Waals surface area contributed by atoms with Crippen molar-refractivity contribution in [2.24, 2.45) is 0 Å². The molecule has 0 aromatic rings. The number of carbonyl (C=O) groups is 1. The molecule has 1 aliphatic heterocycles. The van der Waals surface area contributed by atoms with Crippen molar-refractivity contribution in [3.63, 3.8) is 0 Å². The first-order chi connectivity index (χ1) is 9.29. The molecule has 0 N–H and O–H groups in total. The van der Waals surface area contributed by atoms with Crippen molar-refractivity contribution in [2.75, 3.05) is 12.4 Å². The maximum Gasteiger partial charge on any atom is 0.344 e. The smallest absolute Gasteiger partial charge is 0.344 e. The van der Waals surface area contributed by atoms with Gasteiger partial charge in [-0.2, -0.15) is 0 Å². The molecule has 0 amide bonds. The minimum atomic E-state index is -0.135. The Kier molecular flexibility index (Phi) is 8.72. The van der Waals surface area contributed by atoms with Gasteiger partial charge in [-0.3, -0.25) is 0 Å². The standard InChI is InChI=1S/C16H26O2S/c1-3-5-11-14-12-9-7-6-8-10-13-19-15(14)16(17)18-4-2/h9,12H,3-8,10-11,13H2,1-2H3/b12-9-,15-14-. The first-order valence-electron chi connectivity index (χ1n) is 7.49. The monoisotopic (exact) mass is 282 g/mol. The third kappa shape index (κ3) is 6.33. The number of thioether (sulfide) groups is 1. The zero-order valence-corrected chi connectivity index (χ0v) is 13.1. The van der Waals surface area contributed by atoms with Crippen molar-refractivity contribution < 1.29 is 9.53 Å². The normalized spacial score (nSPS) is 22.8. The summed E-state index contributed by atoms with van der Waals surface area (Å²) < 4.78 is 5.21. The molecule has 2 nitrogen and oxygen atoms in total. The lowest BCUT2D eigenvalue weighted by atomic mass is 10.1. The van der Waals surface area contributed by atoms with Crippen molar-refractivity contribution in [3.05, 3.63) is 22.6 Å². The second-order valence-corrected chi connectivity index (χ2v) is 5.88. The molecule has 1 heterocycles. The molecule has 0 aromatic carbocycles. The van der Waals surface area contributed by atoms with Crippen molar-refractivity contribution in [2.45, 2.75) is 58.8 Å². The van der Waals surface area contributed by atoms with E-state index in [1.165, 1.54) is 24.8 Å². The Bertz CT molecular complexity index is 332. The van der Waals surface area contributed by atoms with E-state index in [9.17, 15) is 4.79 Å². The summed E-state index contributed by atoms with van der Waals surface area (Å²) in [7, 11) is 0. The van der Waals surface area contributed by atoms with Gasteiger partial charge >= 0.3 is 5.97 Å². The maximum atomic E-state index is 12.1. The SMILES string of the molecule is CCCCC1=C(\C(=O)OCC)SCCCCC/C=C\1. The van der Waals surface area contributed by atoms with Crippen molar-refractivity contribution in [1.82, 2.24) is 0 Å². The summed E-state index contributed by atoms with van der Waals surface area (Å²) in [5.41, 5.74) is 1.17. The lowest BCUT2D eigenvalue weighted by Gasteiger charge is -2.13. The molecule has 108 valence electrons. The largest absolute Gasteiger partial charge is 0.462 e. The highest BCUT2D eigenvalue weighted by atomic mass is 32.2. The van der Waals surface area contributed by atoms with Gasteiger partial charge in [0.05, 0.1) is 11.5 Å². The zero-order valence-electron chi connectivity index (χ0n) is 12.2. The molecule has 0 radical (unpaired) electrons. The molecular formula is C16H26O2S. The van der Waals surface area contributed by atoms with Gasteiger partial charge in [0.2, 0.25) is 0 Å². The lowest BCUT2D eigenvalue weighted by Crippen LogP contribution is -2.08. The number of esters is 1. The Labute approximate surface area is 121 Å². The molecule has 0 saturated heterocycles. The van der Waals surface area contributed by atoms with Crippen LogP contribution in [-0.4, -0.2) is 18.3 Å². The Morgan fingerprint density at radius 1 is 1.32 bits per heavy atom. The molecule has 1 rings (SSSR count). The van der Waals surface area contributed by atoms with E-state index in [0.717, 1.165) is 36.3 Å². The van der Waals surface area contributed by atoms with E-state index in [1.807, 2.05) is 6.92 Å². The van der Waals surface area contributed by atoms with Gasteiger partial charge in [0, 0.05) is 0 Å². The van der Waals surface area contributed by atoms with Crippen LogP contribution < -0.4 is 0 Å². The number of allylic oxidation sites excluding steroid dienone is 3. The topological polar surface area (TPSA) is 26.3 Å². The van der Waals surface area contributed by atoms with Crippen molar-refractivity contribution >= 4 is 17.7 Å². The molecule has 3 heteroatoms. The van der Waals surface area contributed by atoms with E-state index in [0.29, 0.717) is 6.61 Å². The average molecular weight is 282 g/mol. The first kappa shape index (κ1) is 16.4. The van der Waals surface area contributed by atoms with Gasteiger partial charge in [-0.25, -0.2) is 4.79 Å². The predicted octanol–water partition coefficient (Wildman–Crippen LogP) is 4.86. The van der Waals surface area contributed by atoms with Gasteiger partial charge in [-0.1, -0.05) is 31.9 Å². The van der Waals surface area contributed by atoms with E-state index in [-0.39, 0.29) is 5.97 Å². The molecule has 0 atom stereocenters. The van der Waals surface area contributed by atoms with E-state index >= 15 is 0 Å². The summed E-state index contributed by atoms with van der Waals surface area (Å²) in [6.45, 7) is 4.50. The summed E-state index contributed by atoms with van der Waals surface area (Å²) in [5, 5.41) is 0. The third-order valence-corrected chi connectivity index (χ3v) is 4.34. The van der Waals surface area contributed by atoms with Crippen molar-refractivity contribution in [1.29, 1.82) is 0 Å². The van der Waals surface area contributed by atoms with Crippen LogP contribution in [0.3, 0.4) is 0 Å². The van der Waals surface area contributed by atoms with Gasteiger partial charge in [0.15, 0.2) is 0 Å². The highest BCUT2D eigenvalue weighted by Gasteiger charge is 2.16. The Morgan fingerprint density at radius 3 is 2.89 bits per heavy atom. The Morgan fingerprint density at radius 2 is 2.16 bits per heavy atom. The molecule has 0 spiro atoms. The molecule has 1 aliphatic rings. The number of ether oxygens (including phenoxy) is 1. The molecule has 0 saturated carbocycles. The molecular weight excluding hydrogens is 256 g/mol. The number of hydrogen-bond donors (Lipinski definition) is 0. The molecule has 0 bridgehead atoms. The van der Waals surface area contributed by atoms with Crippen LogP contribution in [0.25, 0.3) is 0 Å². The number of hydrogen-bond acceptors (Lipinski definition) is 3. The first-order valence-corrected chi connectivity index (χ1v) is 8.47. The van der Waals surface area contributed by atoms with E-state index in [2.05, 4.69) is 19.1 Å². The Hall–Kier alpha value is -0.700. The van der Waals surface area contributed by atoms with Crippen LogP contribution in [-0.2, 0) is 9.53 Å². The van der Waals surface area contributed by atoms with Gasteiger partial charge in [0.25, 0.3) is 0 Å². The lowest BCUT2D eigenvalue weighted by molar-refractivity contribution is -0.137. The highest BCUT2D eigenvalue weighted by Crippen LogP contribution is 2.28. The minimum absolute atomic E-state index is 0.135. The summed E-state index contributed by atoms with van der Waals surface area (Å²) in [6.07, 6.45) is 12.4. The number of carbonyl (C=O) groups excluding carboxylic acids is 1. The molecule has 0 aromatic heterocycles. The van der Waals surface area contributed by atoms with Crippen LogP contribution in [0.15, 0.2) is 22.6 Å². The van der Waals surface area contributed by atoms with Gasteiger partial charge < -0.3 is 4.74 Å². The van der Waals surface area contributed by atoms with Crippen molar-refractivity contribution in [3.8, 4) is 0 Å². The molecule has 19 heavy (non-hydrogen) atoms. The predicted molar refractivity (Wildman–Crippen MR) is 83.3 cm³/mol. The summed E-state index contributed by atoms with van der Waals surface area (Å²) >= 11 is 1.68.